The Kier molecular flexibility index (Phi) is 4.35. The molecule has 8 heteroatoms. The van der Waals surface area contributed by atoms with E-state index in [2.05, 4.69) is 5.32 Å². The zero-order valence-electron chi connectivity index (χ0n) is 14.4. The third-order valence-electron chi connectivity index (χ3n) is 4.41. The number of halogens is 2. The van der Waals surface area contributed by atoms with Crippen LogP contribution in [0.4, 0.5) is 20.2 Å². The fraction of sp³-hybridized carbons (Fsp3) is 0.0500. The zero-order chi connectivity index (χ0) is 19.9. The van der Waals surface area contributed by atoms with E-state index in [1.165, 1.54) is 6.07 Å². The van der Waals surface area contributed by atoms with Crippen LogP contribution in [0.5, 0.6) is 0 Å². The van der Waals surface area contributed by atoms with Crippen molar-refractivity contribution in [1.29, 1.82) is 0 Å². The van der Waals surface area contributed by atoms with E-state index in [9.17, 15) is 22.0 Å². The molecule has 0 bridgehead atoms. The van der Waals surface area contributed by atoms with Gasteiger partial charge < -0.3 is 5.32 Å². The first-order valence-corrected chi connectivity index (χ1v) is 9.78. The molecule has 0 fully saturated rings. The molecule has 1 heterocycles. The summed E-state index contributed by atoms with van der Waals surface area (Å²) < 4.78 is 54.0. The van der Waals surface area contributed by atoms with Gasteiger partial charge in [0.05, 0.1) is 16.3 Å². The minimum absolute atomic E-state index is 0.0921. The first-order chi connectivity index (χ1) is 13.4. The van der Waals surface area contributed by atoms with E-state index in [4.69, 9.17) is 0 Å². The van der Waals surface area contributed by atoms with Gasteiger partial charge in [0.1, 0.15) is 18.2 Å². The topological polar surface area (TPSA) is 66.5 Å². The number of anilines is 2. The van der Waals surface area contributed by atoms with Crippen molar-refractivity contribution >= 4 is 27.3 Å². The van der Waals surface area contributed by atoms with Crippen molar-refractivity contribution in [2.24, 2.45) is 0 Å². The fourth-order valence-electron chi connectivity index (χ4n) is 3.16. The Morgan fingerprint density at radius 2 is 1.61 bits per heavy atom. The number of rotatable bonds is 3. The summed E-state index contributed by atoms with van der Waals surface area (Å²) in [5.74, 6) is -2.47. The number of amides is 1. The van der Waals surface area contributed by atoms with Gasteiger partial charge in [0.25, 0.3) is 10.0 Å². The Labute approximate surface area is 160 Å². The molecule has 1 aliphatic heterocycles. The fourth-order valence-corrected chi connectivity index (χ4v) is 4.81. The zero-order valence-corrected chi connectivity index (χ0v) is 15.2. The predicted octanol–water partition coefficient (Wildman–Crippen LogP) is 3.78. The van der Waals surface area contributed by atoms with Crippen molar-refractivity contribution in [3.8, 4) is 11.1 Å². The average Bonchev–Trinajstić information content (AvgIpc) is 2.67. The van der Waals surface area contributed by atoms with E-state index >= 15 is 0 Å². The number of fused-ring (bicyclic) bond motifs is 3. The van der Waals surface area contributed by atoms with Gasteiger partial charge in [-0.15, -0.1) is 0 Å². The highest BCUT2D eigenvalue weighted by Gasteiger charge is 2.35. The molecule has 3 aromatic carbocycles. The lowest BCUT2D eigenvalue weighted by atomic mass is 10.0. The smallest absolute Gasteiger partial charge is 0.265 e. The van der Waals surface area contributed by atoms with E-state index in [-0.39, 0.29) is 10.6 Å². The lowest BCUT2D eigenvalue weighted by Crippen LogP contribution is -2.40. The van der Waals surface area contributed by atoms with Crippen LogP contribution in [0, 0.1) is 11.6 Å². The van der Waals surface area contributed by atoms with Gasteiger partial charge in [-0.3, -0.25) is 9.10 Å². The highest BCUT2D eigenvalue weighted by molar-refractivity contribution is 7.93. The highest BCUT2D eigenvalue weighted by atomic mass is 32.2. The number of nitrogens with one attached hydrogen (secondary N) is 1. The summed E-state index contributed by atoms with van der Waals surface area (Å²) in [7, 11) is -3.98. The van der Waals surface area contributed by atoms with Gasteiger partial charge in [0.15, 0.2) is 0 Å². The Bertz CT molecular complexity index is 1200. The number of hydrogen-bond acceptors (Lipinski definition) is 3. The van der Waals surface area contributed by atoms with E-state index in [1.807, 2.05) is 0 Å². The second kappa shape index (κ2) is 6.72. The summed E-state index contributed by atoms with van der Waals surface area (Å²) in [5.41, 5.74) is 1.36. The number of carbonyl (C=O) groups is 1. The van der Waals surface area contributed by atoms with Crippen LogP contribution in [-0.4, -0.2) is 20.9 Å². The standard InChI is InChI=1S/C20H14F2N2O3S/c21-13-9-10-17(16(22)11-13)23-20(25)12-24-18-7-3-1-5-14(18)15-6-2-4-8-19(15)28(24,26)27/h1-11H,12H2,(H,23,25). The molecule has 0 unspecified atom stereocenters. The Hall–Kier alpha value is -3.26. The molecule has 0 spiro atoms. The van der Waals surface area contributed by atoms with Crippen molar-refractivity contribution in [3.05, 3.63) is 78.4 Å². The Balaban J connectivity index is 1.70. The lowest BCUT2D eigenvalue weighted by molar-refractivity contribution is -0.114. The first-order valence-electron chi connectivity index (χ1n) is 8.34. The lowest BCUT2D eigenvalue weighted by Gasteiger charge is -2.31. The van der Waals surface area contributed by atoms with Crippen molar-refractivity contribution in [1.82, 2.24) is 0 Å². The third kappa shape index (κ3) is 3.01. The molecule has 0 radical (unpaired) electrons. The van der Waals surface area contributed by atoms with Gasteiger partial charge >= 0.3 is 0 Å². The van der Waals surface area contributed by atoms with Crippen molar-refractivity contribution in [2.75, 3.05) is 16.2 Å². The Morgan fingerprint density at radius 3 is 2.36 bits per heavy atom. The minimum Gasteiger partial charge on any atom is -0.322 e. The summed E-state index contributed by atoms with van der Waals surface area (Å²) >= 11 is 0. The summed E-state index contributed by atoms with van der Waals surface area (Å²) in [6.07, 6.45) is 0. The molecule has 1 N–H and O–H groups in total. The summed E-state index contributed by atoms with van der Waals surface area (Å²) in [5, 5.41) is 2.29. The van der Waals surface area contributed by atoms with E-state index in [1.54, 1.807) is 42.5 Å². The second-order valence-electron chi connectivity index (χ2n) is 6.20. The van der Waals surface area contributed by atoms with Gasteiger partial charge in [-0.2, -0.15) is 0 Å². The number of nitrogens with zero attached hydrogens (tertiary/aromatic N) is 1. The molecule has 1 aliphatic rings. The van der Waals surface area contributed by atoms with Crippen LogP contribution in [0.3, 0.4) is 0 Å². The molecule has 28 heavy (non-hydrogen) atoms. The molecule has 0 saturated heterocycles. The molecule has 0 aromatic heterocycles. The largest absolute Gasteiger partial charge is 0.322 e. The number of carbonyl (C=O) groups excluding carboxylic acids is 1. The molecule has 1 amide bonds. The molecule has 0 aliphatic carbocycles. The quantitative estimate of drug-likeness (QED) is 0.728. The Morgan fingerprint density at radius 1 is 0.929 bits per heavy atom. The van der Waals surface area contributed by atoms with Crippen LogP contribution < -0.4 is 9.62 Å². The van der Waals surface area contributed by atoms with Gasteiger partial charge in [-0.25, -0.2) is 17.2 Å². The van der Waals surface area contributed by atoms with Crippen LogP contribution in [0.25, 0.3) is 11.1 Å². The molecular formula is C20H14F2N2O3S. The molecule has 142 valence electrons. The van der Waals surface area contributed by atoms with Crippen LogP contribution in [0.1, 0.15) is 0 Å². The normalized spacial score (nSPS) is 14.1. The molecule has 5 nitrogen and oxygen atoms in total. The van der Waals surface area contributed by atoms with Crippen LogP contribution in [0.2, 0.25) is 0 Å². The van der Waals surface area contributed by atoms with Crippen LogP contribution in [0.15, 0.2) is 71.6 Å². The molecule has 4 rings (SSSR count). The van der Waals surface area contributed by atoms with Gasteiger partial charge in [0.2, 0.25) is 5.91 Å². The number of para-hydroxylation sites is 1. The third-order valence-corrected chi connectivity index (χ3v) is 6.23. The highest BCUT2D eigenvalue weighted by Crippen LogP contribution is 2.42. The summed E-state index contributed by atoms with van der Waals surface area (Å²) in [4.78, 5) is 12.5. The summed E-state index contributed by atoms with van der Waals surface area (Å²) in [6.45, 7) is -0.551. The molecule has 3 aromatic rings. The van der Waals surface area contributed by atoms with E-state index in [0.717, 1.165) is 16.4 Å². The molecule has 0 saturated carbocycles. The maximum Gasteiger partial charge on any atom is 0.265 e. The first kappa shape index (κ1) is 18.1. The van der Waals surface area contributed by atoms with Crippen molar-refractivity contribution in [2.45, 2.75) is 4.90 Å². The van der Waals surface area contributed by atoms with Gasteiger partial charge in [-0.05, 0) is 24.3 Å². The average molecular weight is 400 g/mol. The van der Waals surface area contributed by atoms with Gasteiger partial charge in [0, 0.05) is 17.2 Å². The maximum atomic E-state index is 13.8. The van der Waals surface area contributed by atoms with Crippen molar-refractivity contribution in [3.63, 3.8) is 0 Å². The monoisotopic (exact) mass is 400 g/mol. The number of sulfonamides is 1. The summed E-state index contributed by atoms with van der Waals surface area (Å²) in [6, 6.07) is 16.1. The molecule has 0 atom stereocenters. The predicted molar refractivity (Wildman–Crippen MR) is 101 cm³/mol. The number of hydrogen-bond donors (Lipinski definition) is 1. The SMILES string of the molecule is O=C(CN1c2ccccc2-c2ccccc2S1(=O)=O)Nc1ccc(F)cc1F. The van der Waals surface area contributed by atoms with E-state index < -0.39 is 34.1 Å². The van der Waals surface area contributed by atoms with E-state index in [0.29, 0.717) is 22.9 Å². The van der Waals surface area contributed by atoms with Gasteiger partial charge in [-0.1, -0.05) is 36.4 Å². The maximum absolute atomic E-state index is 13.8. The molecular weight excluding hydrogens is 386 g/mol. The minimum atomic E-state index is -3.98. The number of benzene rings is 3. The van der Waals surface area contributed by atoms with Crippen LogP contribution >= 0.6 is 0 Å². The van der Waals surface area contributed by atoms with Crippen LogP contribution in [-0.2, 0) is 14.8 Å². The van der Waals surface area contributed by atoms with Crippen molar-refractivity contribution < 1.29 is 22.0 Å². The second-order valence-corrected chi connectivity index (χ2v) is 8.03.